The zero-order chi connectivity index (χ0) is 18.4. The monoisotopic (exact) mass is 357 g/mol. The van der Waals surface area contributed by atoms with Crippen LogP contribution in [0.15, 0.2) is 30.3 Å². The number of hydrogen-bond acceptors (Lipinski definition) is 2. The molecule has 2 fully saturated rings. The Morgan fingerprint density at radius 3 is 2.27 bits per heavy atom. The molecule has 1 aromatic rings. The second-order valence-electron chi connectivity index (χ2n) is 7.69. The van der Waals surface area contributed by atoms with Gasteiger partial charge in [0.25, 0.3) is 0 Å². The quantitative estimate of drug-likeness (QED) is 0.870. The lowest BCUT2D eigenvalue weighted by atomic mass is 9.81. The number of urea groups is 1. The minimum atomic E-state index is 0.0740. The molecule has 5 heteroatoms. The molecule has 0 aromatic heterocycles. The van der Waals surface area contributed by atoms with Crippen molar-refractivity contribution < 1.29 is 9.59 Å². The van der Waals surface area contributed by atoms with Gasteiger partial charge < -0.3 is 15.5 Å². The molecule has 142 valence electrons. The Bertz CT molecular complexity index is 589. The van der Waals surface area contributed by atoms with E-state index in [0.717, 1.165) is 58.2 Å². The van der Waals surface area contributed by atoms with E-state index >= 15 is 0 Å². The second-order valence-corrected chi connectivity index (χ2v) is 7.69. The molecule has 0 atom stereocenters. The van der Waals surface area contributed by atoms with E-state index in [1.807, 2.05) is 11.0 Å². The molecule has 1 saturated heterocycles. The number of hydrogen-bond donors (Lipinski definition) is 2. The van der Waals surface area contributed by atoms with E-state index in [1.54, 1.807) is 7.05 Å². The molecule has 26 heavy (non-hydrogen) atoms. The average Bonchev–Trinajstić information content (AvgIpc) is 2.72. The fourth-order valence-corrected chi connectivity index (χ4v) is 4.32. The summed E-state index contributed by atoms with van der Waals surface area (Å²) in [5.74, 6) is 1.39. The highest BCUT2D eigenvalue weighted by Crippen LogP contribution is 2.29. The molecule has 1 aliphatic heterocycles. The maximum absolute atomic E-state index is 12.5. The first-order valence-electron chi connectivity index (χ1n) is 9.96. The lowest BCUT2D eigenvalue weighted by Gasteiger charge is -2.33. The van der Waals surface area contributed by atoms with Crippen molar-refractivity contribution in [2.24, 2.45) is 11.8 Å². The molecule has 1 aliphatic carbocycles. The van der Waals surface area contributed by atoms with Crippen LogP contribution < -0.4 is 10.6 Å². The fraction of sp³-hybridized carbons (Fsp3) is 0.619. The first-order valence-corrected chi connectivity index (χ1v) is 9.96. The zero-order valence-corrected chi connectivity index (χ0v) is 15.7. The highest BCUT2D eigenvalue weighted by molar-refractivity contribution is 5.78. The minimum Gasteiger partial charge on any atom is -0.359 e. The van der Waals surface area contributed by atoms with Crippen LogP contribution in [0.4, 0.5) is 4.79 Å². The molecule has 3 amide bonds. The van der Waals surface area contributed by atoms with Gasteiger partial charge in [-0.25, -0.2) is 4.79 Å². The largest absolute Gasteiger partial charge is 0.359 e. The standard InChI is InChI=1S/C21H31N3O2/c1-22-20(25)19-9-7-16(8-10-19)15-23-21(26)24-13-11-18(12-14-24)17-5-3-2-4-6-17/h2-6,16,18-19H,7-15H2,1H3,(H,22,25)(H,23,26). The summed E-state index contributed by atoms with van der Waals surface area (Å²) < 4.78 is 0. The first-order chi connectivity index (χ1) is 12.7. The highest BCUT2D eigenvalue weighted by Gasteiger charge is 2.27. The van der Waals surface area contributed by atoms with Gasteiger partial charge in [0, 0.05) is 32.6 Å². The number of rotatable bonds is 4. The third kappa shape index (κ3) is 4.77. The molecule has 5 nitrogen and oxygen atoms in total. The Kier molecular flexibility index (Phi) is 6.53. The van der Waals surface area contributed by atoms with Crippen LogP contribution in [-0.2, 0) is 4.79 Å². The van der Waals surface area contributed by atoms with Gasteiger partial charge in [-0.2, -0.15) is 0 Å². The number of amides is 3. The van der Waals surface area contributed by atoms with Gasteiger partial charge in [0.15, 0.2) is 0 Å². The van der Waals surface area contributed by atoms with Crippen LogP contribution >= 0.6 is 0 Å². The molecular weight excluding hydrogens is 326 g/mol. The maximum atomic E-state index is 12.5. The zero-order valence-electron chi connectivity index (χ0n) is 15.7. The third-order valence-electron chi connectivity index (χ3n) is 6.06. The van der Waals surface area contributed by atoms with Gasteiger partial charge in [0.1, 0.15) is 0 Å². The van der Waals surface area contributed by atoms with Crippen molar-refractivity contribution in [3.63, 3.8) is 0 Å². The number of benzene rings is 1. The van der Waals surface area contributed by atoms with Crippen LogP contribution in [0.2, 0.25) is 0 Å². The van der Waals surface area contributed by atoms with Crippen molar-refractivity contribution in [1.29, 1.82) is 0 Å². The van der Waals surface area contributed by atoms with E-state index in [0.29, 0.717) is 11.8 Å². The topological polar surface area (TPSA) is 61.4 Å². The summed E-state index contributed by atoms with van der Waals surface area (Å²) in [6, 6.07) is 10.7. The van der Waals surface area contributed by atoms with Gasteiger partial charge in [0.2, 0.25) is 5.91 Å². The van der Waals surface area contributed by atoms with E-state index in [2.05, 4.69) is 34.9 Å². The van der Waals surface area contributed by atoms with Crippen molar-refractivity contribution in [2.45, 2.75) is 44.4 Å². The number of likely N-dealkylation sites (tertiary alicyclic amines) is 1. The molecule has 0 spiro atoms. The van der Waals surface area contributed by atoms with Crippen LogP contribution in [0.5, 0.6) is 0 Å². The second kappa shape index (κ2) is 9.06. The predicted octanol–water partition coefficient (Wildman–Crippen LogP) is 3.13. The van der Waals surface area contributed by atoms with Gasteiger partial charge in [-0.15, -0.1) is 0 Å². The molecule has 1 saturated carbocycles. The molecule has 2 N–H and O–H groups in total. The average molecular weight is 357 g/mol. The molecule has 0 unspecified atom stereocenters. The van der Waals surface area contributed by atoms with Crippen LogP contribution in [0.1, 0.15) is 50.0 Å². The van der Waals surface area contributed by atoms with Crippen molar-refractivity contribution >= 4 is 11.9 Å². The highest BCUT2D eigenvalue weighted by atomic mass is 16.2. The van der Waals surface area contributed by atoms with E-state index in [4.69, 9.17) is 0 Å². The number of piperidine rings is 1. The van der Waals surface area contributed by atoms with Crippen LogP contribution in [0, 0.1) is 11.8 Å². The third-order valence-corrected chi connectivity index (χ3v) is 6.06. The van der Waals surface area contributed by atoms with Crippen LogP contribution in [0.3, 0.4) is 0 Å². The fourth-order valence-electron chi connectivity index (χ4n) is 4.32. The number of carbonyl (C=O) groups excluding carboxylic acids is 2. The molecule has 1 heterocycles. The normalized spacial score (nSPS) is 24.1. The summed E-state index contributed by atoms with van der Waals surface area (Å²) in [7, 11) is 1.70. The van der Waals surface area contributed by atoms with E-state index in [1.165, 1.54) is 5.56 Å². The number of carbonyl (C=O) groups is 2. The van der Waals surface area contributed by atoms with Gasteiger partial charge in [-0.3, -0.25) is 4.79 Å². The first kappa shape index (κ1) is 18.7. The molecular formula is C21H31N3O2. The smallest absolute Gasteiger partial charge is 0.317 e. The summed E-state index contributed by atoms with van der Waals surface area (Å²) >= 11 is 0. The Morgan fingerprint density at radius 1 is 1.00 bits per heavy atom. The molecule has 0 bridgehead atoms. The predicted molar refractivity (Wildman–Crippen MR) is 103 cm³/mol. The maximum Gasteiger partial charge on any atom is 0.317 e. The van der Waals surface area contributed by atoms with Gasteiger partial charge >= 0.3 is 6.03 Å². The molecule has 3 rings (SSSR count). The summed E-state index contributed by atoms with van der Waals surface area (Å²) in [6.45, 7) is 2.39. The van der Waals surface area contributed by atoms with Gasteiger partial charge in [-0.05, 0) is 55.9 Å². The van der Waals surface area contributed by atoms with E-state index in [9.17, 15) is 9.59 Å². The summed E-state index contributed by atoms with van der Waals surface area (Å²) in [5.41, 5.74) is 1.39. The number of nitrogens with one attached hydrogen (secondary N) is 2. The number of nitrogens with zero attached hydrogens (tertiary/aromatic N) is 1. The Morgan fingerprint density at radius 2 is 1.65 bits per heavy atom. The van der Waals surface area contributed by atoms with Gasteiger partial charge in [0.05, 0.1) is 0 Å². The summed E-state index contributed by atoms with van der Waals surface area (Å²) in [6.07, 6.45) is 5.98. The molecule has 0 radical (unpaired) electrons. The summed E-state index contributed by atoms with van der Waals surface area (Å²) in [5, 5.41) is 5.86. The Balaban J connectivity index is 1.37. The van der Waals surface area contributed by atoms with Crippen LogP contribution in [0.25, 0.3) is 0 Å². The lowest BCUT2D eigenvalue weighted by Crippen LogP contribution is -2.45. The Labute approximate surface area is 156 Å². The molecule has 1 aromatic carbocycles. The van der Waals surface area contributed by atoms with Crippen molar-refractivity contribution in [3.8, 4) is 0 Å². The molecule has 2 aliphatic rings. The minimum absolute atomic E-state index is 0.0740. The summed E-state index contributed by atoms with van der Waals surface area (Å²) in [4.78, 5) is 26.1. The van der Waals surface area contributed by atoms with Crippen molar-refractivity contribution in [2.75, 3.05) is 26.7 Å². The van der Waals surface area contributed by atoms with E-state index < -0.39 is 0 Å². The van der Waals surface area contributed by atoms with Gasteiger partial charge in [-0.1, -0.05) is 30.3 Å². The van der Waals surface area contributed by atoms with Crippen molar-refractivity contribution in [1.82, 2.24) is 15.5 Å². The SMILES string of the molecule is CNC(=O)C1CCC(CNC(=O)N2CCC(c3ccccc3)CC2)CC1. The Hall–Kier alpha value is -2.04. The lowest BCUT2D eigenvalue weighted by molar-refractivity contribution is -0.125. The van der Waals surface area contributed by atoms with E-state index in [-0.39, 0.29) is 17.9 Å². The van der Waals surface area contributed by atoms with Crippen LogP contribution in [-0.4, -0.2) is 43.5 Å². The van der Waals surface area contributed by atoms with Crippen molar-refractivity contribution in [3.05, 3.63) is 35.9 Å².